The molecule has 2 heterocycles. The Morgan fingerprint density at radius 1 is 1.12 bits per heavy atom. The first-order valence-electron chi connectivity index (χ1n) is 9.46. The topological polar surface area (TPSA) is 24.4 Å². The van der Waals surface area contributed by atoms with Gasteiger partial charge in [0.25, 0.3) is 0 Å². The molecule has 0 aromatic heterocycles. The van der Waals surface area contributed by atoms with E-state index in [0.717, 1.165) is 17.8 Å². The van der Waals surface area contributed by atoms with Crippen LogP contribution in [0.4, 0.5) is 5.69 Å². The van der Waals surface area contributed by atoms with Crippen LogP contribution in [0.2, 0.25) is 0 Å². The van der Waals surface area contributed by atoms with Gasteiger partial charge in [-0.1, -0.05) is 21.4 Å². The highest BCUT2D eigenvalue weighted by atomic mass is 79.9. The van der Waals surface area contributed by atoms with Crippen molar-refractivity contribution in [3.05, 3.63) is 20.1 Å². The lowest BCUT2D eigenvalue weighted by Crippen LogP contribution is -2.31. The lowest BCUT2D eigenvalue weighted by Gasteiger charge is -2.27. The number of rotatable bonds is 2. The molecule has 2 nitrogen and oxygen atoms in total. The van der Waals surface area contributed by atoms with Crippen LogP contribution in [0.1, 0.15) is 49.1 Å². The van der Waals surface area contributed by atoms with Crippen LogP contribution in [0.25, 0.3) is 0 Å². The van der Waals surface area contributed by atoms with Gasteiger partial charge >= 0.3 is 0 Å². The molecule has 1 saturated carbocycles. The van der Waals surface area contributed by atoms with Crippen LogP contribution in [0, 0.1) is 17.8 Å². The Hall–Kier alpha value is -0.125. The molecule has 5 heteroatoms. The van der Waals surface area contributed by atoms with Crippen LogP contribution >= 0.6 is 31.9 Å². The minimum Gasteiger partial charge on any atom is -0.316 e. The Morgan fingerprint density at radius 3 is 2.79 bits per heavy atom. The van der Waals surface area contributed by atoms with E-state index in [1.807, 2.05) is 0 Å². The van der Waals surface area contributed by atoms with Crippen molar-refractivity contribution in [2.24, 2.45) is 22.7 Å². The summed E-state index contributed by atoms with van der Waals surface area (Å²) in [5.41, 5.74) is 7.34. The van der Waals surface area contributed by atoms with Crippen molar-refractivity contribution in [1.29, 1.82) is 0 Å². The van der Waals surface area contributed by atoms with E-state index in [4.69, 9.17) is 4.99 Å². The molecule has 2 aliphatic carbocycles. The molecule has 5 rings (SSSR count). The number of hydrogen-bond acceptors (Lipinski definition) is 2. The maximum Gasteiger partial charge on any atom is 0.141 e. The molecule has 3 unspecified atom stereocenters. The summed E-state index contributed by atoms with van der Waals surface area (Å²) in [4.78, 5) is 5.23. The van der Waals surface area contributed by atoms with Crippen LogP contribution in [0.15, 0.2) is 13.9 Å². The first-order valence-corrected chi connectivity index (χ1v) is 11.0. The molecule has 4 atom stereocenters. The van der Waals surface area contributed by atoms with E-state index < -0.39 is 0 Å². The SMILES string of the molecule is Bc1c(Br)c(Br)c2c3c1CCCC3C(C1C[C@@H]1C1CCCNC1)=N2. The third-order valence-corrected chi connectivity index (χ3v) is 9.08. The van der Waals surface area contributed by atoms with Crippen molar-refractivity contribution in [2.75, 3.05) is 13.1 Å². The average Bonchev–Trinajstić information content (AvgIpc) is 3.32. The second-order valence-electron chi connectivity index (χ2n) is 8.09. The van der Waals surface area contributed by atoms with Crippen molar-refractivity contribution >= 4 is 56.6 Å². The Bertz CT molecular complexity index is 740. The van der Waals surface area contributed by atoms with Gasteiger partial charge in [-0.15, -0.1) is 0 Å². The second-order valence-corrected chi connectivity index (χ2v) is 9.67. The van der Waals surface area contributed by atoms with E-state index in [1.165, 1.54) is 77.4 Å². The molecule has 2 fully saturated rings. The summed E-state index contributed by atoms with van der Waals surface area (Å²) in [5.74, 6) is 3.14. The zero-order valence-electron chi connectivity index (χ0n) is 14.2. The Kier molecular flexibility index (Phi) is 3.99. The van der Waals surface area contributed by atoms with Gasteiger partial charge in [-0.3, -0.25) is 4.99 Å². The highest BCUT2D eigenvalue weighted by Crippen LogP contribution is 2.56. The van der Waals surface area contributed by atoms with Crippen molar-refractivity contribution in [1.82, 2.24) is 5.32 Å². The highest BCUT2D eigenvalue weighted by molar-refractivity contribution is 9.13. The molecular weight excluding hydrogens is 427 g/mol. The quantitative estimate of drug-likeness (QED) is 0.685. The molecule has 1 aromatic rings. The van der Waals surface area contributed by atoms with Crippen LogP contribution in [0.3, 0.4) is 0 Å². The fourth-order valence-corrected chi connectivity index (χ4v) is 6.49. The number of nitrogens with zero attached hydrogens (tertiary/aromatic N) is 1. The normalized spacial score (nSPS) is 34.0. The largest absolute Gasteiger partial charge is 0.316 e. The van der Waals surface area contributed by atoms with E-state index in [-0.39, 0.29) is 0 Å². The maximum absolute atomic E-state index is 5.23. The van der Waals surface area contributed by atoms with E-state index >= 15 is 0 Å². The number of nitrogens with one attached hydrogen (secondary N) is 1. The average molecular weight is 450 g/mol. The van der Waals surface area contributed by atoms with Crippen molar-refractivity contribution in [3.63, 3.8) is 0 Å². The molecule has 24 heavy (non-hydrogen) atoms. The summed E-state index contributed by atoms with van der Waals surface area (Å²) in [7, 11) is 2.26. The first-order chi connectivity index (χ1) is 11.7. The smallest absolute Gasteiger partial charge is 0.141 e. The van der Waals surface area contributed by atoms with E-state index in [2.05, 4.69) is 45.0 Å². The van der Waals surface area contributed by atoms with Gasteiger partial charge in [0.2, 0.25) is 0 Å². The summed E-state index contributed by atoms with van der Waals surface area (Å²) in [6.07, 6.45) is 7.99. The number of hydrogen-bond donors (Lipinski definition) is 1. The van der Waals surface area contributed by atoms with Crippen molar-refractivity contribution in [3.8, 4) is 0 Å². The van der Waals surface area contributed by atoms with Crippen molar-refractivity contribution < 1.29 is 0 Å². The lowest BCUT2D eigenvalue weighted by atomic mass is 9.74. The summed E-state index contributed by atoms with van der Waals surface area (Å²) in [6.45, 7) is 2.44. The molecule has 1 aromatic carbocycles. The minimum atomic E-state index is 0.610. The standard InChI is InChI=1S/C19H23BBr2N2/c20-15-10-4-1-5-11-14(10)19(17(22)16(15)21)24-18(11)13-7-12(13)9-3-2-6-23-8-9/h9,11-13,23H,1-8,20H2/t9?,11?,12-,13?/m1/s1. The van der Waals surface area contributed by atoms with Gasteiger partial charge in [-0.05, 0) is 90.5 Å². The van der Waals surface area contributed by atoms with Crippen molar-refractivity contribution in [2.45, 2.75) is 44.4 Å². The van der Waals surface area contributed by atoms with Gasteiger partial charge in [0.15, 0.2) is 0 Å². The summed E-state index contributed by atoms with van der Waals surface area (Å²) < 4.78 is 2.39. The molecule has 0 spiro atoms. The molecule has 1 N–H and O–H groups in total. The molecule has 126 valence electrons. The molecule has 2 aliphatic heterocycles. The maximum atomic E-state index is 5.23. The number of aliphatic imine (C=N–C) groups is 1. The lowest BCUT2D eigenvalue weighted by molar-refractivity contribution is 0.336. The first kappa shape index (κ1) is 16.1. The van der Waals surface area contributed by atoms with Gasteiger partial charge in [0.1, 0.15) is 7.85 Å². The summed E-state index contributed by atoms with van der Waals surface area (Å²) in [6, 6.07) is 0. The Morgan fingerprint density at radius 2 is 2.00 bits per heavy atom. The number of benzene rings is 1. The van der Waals surface area contributed by atoms with Crippen LogP contribution in [-0.4, -0.2) is 26.6 Å². The van der Waals surface area contributed by atoms with Gasteiger partial charge < -0.3 is 5.32 Å². The van der Waals surface area contributed by atoms with Crippen LogP contribution in [0.5, 0.6) is 0 Å². The Labute approximate surface area is 161 Å². The van der Waals surface area contributed by atoms with Gasteiger partial charge in [0, 0.05) is 22.0 Å². The Balaban J connectivity index is 1.49. The number of piperidine rings is 1. The molecule has 0 bridgehead atoms. The van der Waals surface area contributed by atoms with E-state index in [9.17, 15) is 0 Å². The summed E-state index contributed by atoms with van der Waals surface area (Å²) in [5, 5.41) is 3.60. The third-order valence-electron chi connectivity index (χ3n) is 6.79. The van der Waals surface area contributed by atoms with Crippen LogP contribution < -0.4 is 10.8 Å². The molecule has 0 amide bonds. The van der Waals surface area contributed by atoms with E-state index in [0.29, 0.717) is 5.92 Å². The molecular formula is C19H23BBr2N2. The monoisotopic (exact) mass is 448 g/mol. The van der Waals surface area contributed by atoms with E-state index in [1.54, 1.807) is 11.1 Å². The van der Waals surface area contributed by atoms with Crippen LogP contribution in [-0.2, 0) is 6.42 Å². The minimum absolute atomic E-state index is 0.610. The summed E-state index contributed by atoms with van der Waals surface area (Å²) >= 11 is 7.61. The zero-order chi connectivity index (χ0) is 16.4. The third kappa shape index (κ3) is 2.34. The molecule has 0 radical (unpaired) electrons. The fraction of sp³-hybridized carbons (Fsp3) is 0.632. The zero-order valence-corrected chi connectivity index (χ0v) is 17.3. The van der Waals surface area contributed by atoms with Gasteiger partial charge in [-0.25, -0.2) is 0 Å². The molecule has 4 aliphatic rings. The number of halogens is 2. The molecule has 1 saturated heterocycles. The predicted molar refractivity (Wildman–Crippen MR) is 110 cm³/mol. The second kappa shape index (κ2) is 5.95. The fourth-order valence-electron chi connectivity index (χ4n) is 5.46. The van der Waals surface area contributed by atoms with Gasteiger partial charge in [-0.2, -0.15) is 0 Å². The highest BCUT2D eigenvalue weighted by Gasteiger charge is 2.50. The predicted octanol–water partition coefficient (Wildman–Crippen LogP) is 3.61. The van der Waals surface area contributed by atoms with Gasteiger partial charge in [0.05, 0.1) is 10.2 Å².